The summed E-state index contributed by atoms with van der Waals surface area (Å²) in [6, 6.07) is 3.56. The smallest absolute Gasteiger partial charge is 0.244 e. The predicted octanol–water partition coefficient (Wildman–Crippen LogP) is 1.27. The molecule has 1 fully saturated rings. The van der Waals surface area contributed by atoms with Gasteiger partial charge in [-0.2, -0.15) is 0 Å². The third-order valence-electron chi connectivity index (χ3n) is 2.91. The van der Waals surface area contributed by atoms with Gasteiger partial charge in [0.2, 0.25) is 10.0 Å². The van der Waals surface area contributed by atoms with Crippen LogP contribution in [0.15, 0.2) is 23.1 Å². The highest BCUT2D eigenvalue weighted by molar-refractivity contribution is 7.89. The van der Waals surface area contributed by atoms with Crippen molar-refractivity contribution in [2.45, 2.75) is 23.3 Å². The van der Waals surface area contributed by atoms with E-state index in [2.05, 4.69) is 4.72 Å². The normalized spacial score (nSPS) is 24.3. The fourth-order valence-corrected chi connectivity index (χ4v) is 3.02. The number of rotatable bonds is 0. The van der Waals surface area contributed by atoms with Gasteiger partial charge in [-0.05, 0) is 31.0 Å². The van der Waals surface area contributed by atoms with Crippen molar-refractivity contribution in [3.63, 3.8) is 0 Å². The van der Waals surface area contributed by atoms with Gasteiger partial charge in [0.15, 0.2) is 0 Å². The molecule has 1 aromatic rings. The first-order valence-corrected chi connectivity index (χ1v) is 6.47. The summed E-state index contributed by atoms with van der Waals surface area (Å²) in [7, 11) is -3.65. The Balaban J connectivity index is 0.00000108. The Kier molecular flexibility index (Phi) is 1.85. The third kappa shape index (κ3) is 1.49. The monoisotopic (exact) mass is 245 g/mol. The standard InChI is InChI=1S/C10H10FNO3S.H2/c11-7-1-2-8-9(5-7)16(13,14)12-6-10(15-8)3-4-10;/h1-2,5,12H,3-4,6H2;1H. The summed E-state index contributed by atoms with van der Waals surface area (Å²) in [5.41, 5.74) is -0.407. The summed E-state index contributed by atoms with van der Waals surface area (Å²) >= 11 is 0. The fraction of sp³-hybridized carbons (Fsp3) is 0.400. The molecule has 3 rings (SSSR count). The van der Waals surface area contributed by atoms with Crippen molar-refractivity contribution in [1.82, 2.24) is 4.72 Å². The number of sulfonamides is 1. The van der Waals surface area contributed by atoms with E-state index in [1.807, 2.05) is 0 Å². The van der Waals surface area contributed by atoms with Crippen LogP contribution in [0.2, 0.25) is 0 Å². The van der Waals surface area contributed by atoms with Crippen LogP contribution >= 0.6 is 0 Å². The number of benzene rings is 1. The van der Waals surface area contributed by atoms with Crippen LogP contribution in [0.1, 0.15) is 14.3 Å². The second kappa shape index (κ2) is 2.95. The van der Waals surface area contributed by atoms with Crippen molar-refractivity contribution in [2.75, 3.05) is 6.54 Å². The van der Waals surface area contributed by atoms with E-state index in [9.17, 15) is 12.8 Å². The van der Waals surface area contributed by atoms with Gasteiger partial charge in [0, 0.05) is 1.43 Å². The first-order valence-electron chi connectivity index (χ1n) is 4.99. The largest absolute Gasteiger partial charge is 0.484 e. The first kappa shape index (κ1) is 10.0. The zero-order valence-electron chi connectivity index (χ0n) is 8.36. The SMILES string of the molecule is O=S1(=O)NCC2(CC2)Oc2ccc(F)cc21.[HH]. The molecule has 4 nitrogen and oxygen atoms in total. The number of hydrogen-bond donors (Lipinski definition) is 1. The minimum Gasteiger partial charge on any atom is -0.484 e. The maximum absolute atomic E-state index is 13.0. The minimum absolute atomic E-state index is 0. The lowest BCUT2D eigenvalue weighted by Crippen LogP contribution is -2.33. The third-order valence-corrected chi connectivity index (χ3v) is 4.34. The maximum atomic E-state index is 13.0. The molecule has 1 spiro atoms. The molecule has 0 atom stereocenters. The summed E-state index contributed by atoms with van der Waals surface area (Å²) in [4.78, 5) is -0.115. The number of halogens is 1. The van der Waals surface area contributed by atoms with E-state index < -0.39 is 21.4 Å². The van der Waals surface area contributed by atoms with Gasteiger partial charge >= 0.3 is 0 Å². The molecule has 1 heterocycles. The average molecular weight is 245 g/mol. The van der Waals surface area contributed by atoms with Gasteiger partial charge in [0.25, 0.3) is 0 Å². The molecule has 88 valence electrons. The van der Waals surface area contributed by atoms with Crippen LogP contribution in [0.25, 0.3) is 0 Å². The van der Waals surface area contributed by atoms with Crippen molar-refractivity contribution in [3.05, 3.63) is 24.0 Å². The average Bonchev–Trinajstić information content (AvgIpc) is 2.99. The van der Waals surface area contributed by atoms with E-state index in [-0.39, 0.29) is 18.6 Å². The van der Waals surface area contributed by atoms with Crippen molar-refractivity contribution < 1.29 is 19.0 Å². The van der Waals surface area contributed by atoms with Crippen LogP contribution in [0.4, 0.5) is 4.39 Å². The van der Waals surface area contributed by atoms with Crippen LogP contribution in [0.5, 0.6) is 5.75 Å². The van der Waals surface area contributed by atoms with E-state index in [1.54, 1.807) is 0 Å². The van der Waals surface area contributed by atoms with E-state index >= 15 is 0 Å². The zero-order valence-corrected chi connectivity index (χ0v) is 9.18. The molecule has 1 N–H and O–H groups in total. The molecular formula is C10H12FNO3S. The first-order chi connectivity index (χ1) is 7.51. The van der Waals surface area contributed by atoms with Gasteiger partial charge in [-0.1, -0.05) is 0 Å². The quantitative estimate of drug-likeness (QED) is 0.749. The molecular weight excluding hydrogens is 233 g/mol. The van der Waals surface area contributed by atoms with Crippen molar-refractivity contribution in [3.8, 4) is 5.75 Å². The highest BCUT2D eigenvalue weighted by atomic mass is 32.2. The number of hydrogen-bond acceptors (Lipinski definition) is 3. The number of ether oxygens (including phenoxy) is 1. The predicted molar refractivity (Wildman–Crippen MR) is 56.3 cm³/mol. The van der Waals surface area contributed by atoms with Crippen LogP contribution in [-0.2, 0) is 10.0 Å². The second-order valence-corrected chi connectivity index (χ2v) is 5.94. The molecule has 16 heavy (non-hydrogen) atoms. The molecule has 1 aliphatic carbocycles. The summed E-state index contributed by atoms with van der Waals surface area (Å²) in [6.07, 6.45) is 1.65. The summed E-state index contributed by atoms with van der Waals surface area (Å²) in [5.74, 6) is -0.344. The van der Waals surface area contributed by atoms with Gasteiger partial charge < -0.3 is 4.74 Å². The molecule has 0 saturated heterocycles. The summed E-state index contributed by atoms with van der Waals surface area (Å²) in [5, 5.41) is 0. The van der Waals surface area contributed by atoms with E-state index in [0.29, 0.717) is 0 Å². The van der Waals surface area contributed by atoms with Crippen molar-refractivity contribution in [2.24, 2.45) is 0 Å². The van der Waals surface area contributed by atoms with Gasteiger partial charge in [0.1, 0.15) is 22.1 Å². The maximum Gasteiger partial charge on any atom is 0.244 e. The lowest BCUT2D eigenvalue weighted by Gasteiger charge is -2.13. The Hall–Kier alpha value is -1.14. The second-order valence-electron chi connectivity index (χ2n) is 4.20. The molecule has 0 bridgehead atoms. The summed E-state index contributed by atoms with van der Waals surface area (Å²) < 4.78 is 44.7. The van der Waals surface area contributed by atoms with E-state index in [0.717, 1.165) is 18.9 Å². The zero-order chi connectivity index (χ0) is 11.4. The Bertz CT molecular complexity index is 557. The lowest BCUT2D eigenvalue weighted by molar-refractivity contribution is 0.182. The molecule has 2 aliphatic rings. The molecule has 0 aromatic heterocycles. The molecule has 1 aliphatic heterocycles. The Labute approximate surface area is 94.0 Å². The van der Waals surface area contributed by atoms with Crippen LogP contribution in [-0.4, -0.2) is 20.6 Å². The van der Waals surface area contributed by atoms with E-state index in [1.165, 1.54) is 12.1 Å². The van der Waals surface area contributed by atoms with Gasteiger partial charge in [0.05, 0.1) is 6.54 Å². The molecule has 1 aromatic carbocycles. The number of fused-ring (bicyclic) bond motifs is 1. The Morgan fingerprint density at radius 1 is 1.44 bits per heavy atom. The lowest BCUT2D eigenvalue weighted by atomic mass is 10.3. The Morgan fingerprint density at radius 2 is 2.19 bits per heavy atom. The van der Waals surface area contributed by atoms with Crippen LogP contribution < -0.4 is 9.46 Å². The van der Waals surface area contributed by atoms with Crippen LogP contribution in [0, 0.1) is 5.82 Å². The Morgan fingerprint density at radius 3 is 2.88 bits per heavy atom. The fourth-order valence-electron chi connectivity index (χ4n) is 1.77. The molecule has 0 amide bonds. The van der Waals surface area contributed by atoms with Gasteiger partial charge in [-0.25, -0.2) is 17.5 Å². The van der Waals surface area contributed by atoms with Crippen molar-refractivity contribution in [1.29, 1.82) is 0 Å². The highest BCUT2D eigenvalue weighted by Gasteiger charge is 2.48. The van der Waals surface area contributed by atoms with Crippen LogP contribution in [0.3, 0.4) is 0 Å². The van der Waals surface area contributed by atoms with Crippen molar-refractivity contribution >= 4 is 10.0 Å². The molecule has 0 radical (unpaired) electrons. The topological polar surface area (TPSA) is 55.4 Å². The van der Waals surface area contributed by atoms with Gasteiger partial charge in [-0.3, -0.25) is 0 Å². The van der Waals surface area contributed by atoms with E-state index in [4.69, 9.17) is 4.74 Å². The minimum atomic E-state index is -3.65. The molecule has 1 saturated carbocycles. The molecule has 6 heteroatoms. The number of nitrogens with one attached hydrogen (secondary N) is 1. The molecule has 0 unspecified atom stereocenters. The summed E-state index contributed by atoms with van der Waals surface area (Å²) in [6.45, 7) is 0.256. The highest BCUT2D eigenvalue weighted by Crippen LogP contribution is 2.43. The van der Waals surface area contributed by atoms with Gasteiger partial charge in [-0.15, -0.1) is 0 Å².